The summed E-state index contributed by atoms with van der Waals surface area (Å²) in [6, 6.07) is 0. The third kappa shape index (κ3) is 4.58. The summed E-state index contributed by atoms with van der Waals surface area (Å²) in [6.07, 6.45) is 4.31. The van der Waals surface area contributed by atoms with E-state index in [1.54, 1.807) is 0 Å². The number of piperazine rings is 1. The van der Waals surface area contributed by atoms with E-state index in [-0.39, 0.29) is 6.10 Å². The number of aliphatic imine (C=N–C) groups is 1. The zero-order valence-electron chi connectivity index (χ0n) is 14.4. The van der Waals surface area contributed by atoms with E-state index in [2.05, 4.69) is 20.1 Å². The zero-order chi connectivity index (χ0) is 16.1. The second-order valence-electron chi connectivity index (χ2n) is 7.20. The van der Waals surface area contributed by atoms with Crippen LogP contribution in [-0.2, 0) is 4.74 Å². The smallest absolute Gasteiger partial charge is 0.193 e. The van der Waals surface area contributed by atoms with Crippen LogP contribution in [0.5, 0.6) is 0 Å². The first kappa shape index (κ1) is 17.0. The van der Waals surface area contributed by atoms with E-state index in [4.69, 9.17) is 4.74 Å². The molecule has 2 N–H and O–H groups in total. The summed E-state index contributed by atoms with van der Waals surface area (Å²) in [5, 5.41) is 13.4. The van der Waals surface area contributed by atoms with Gasteiger partial charge in [-0.05, 0) is 25.2 Å². The minimum absolute atomic E-state index is 0.133. The SMILES string of the molecule is CN=C(NCC1CCCC1O)N1CCN(CC2CCOC2)CC1. The Labute approximate surface area is 139 Å². The molecule has 2 heterocycles. The second-order valence-corrected chi connectivity index (χ2v) is 7.20. The number of nitrogens with one attached hydrogen (secondary N) is 1. The highest BCUT2D eigenvalue weighted by atomic mass is 16.5. The van der Waals surface area contributed by atoms with Gasteiger partial charge in [-0.25, -0.2) is 0 Å². The third-order valence-corrected chi connectivity index (χ3v) is 5.57. The summed E-state index contributed by atoms with van der Waals surface area (Å²) in [4.78, 5) is 9.35. The standard InChI is InChI=1S/C17H32N4O2/c1-18-17(19-11-15-3-2-4-16(15)22)21-8-6-20(7-9-21)12-14-5-10-23-13-14/h14-16,22H,2-13H2,1H3,(H,18,19). The molecule has 0 aromatic rings. The van der Waals surface area contributed by atoms with E-state index < -0.39 is 0 Å². The highest BCUT2D eigenvalue weighted by molar-refractivity contribution is 5.80. The van der Waals surface area contributed by atoms with Crippen LogP contribution in [0.15, 0.2) is 4.99 Å². The van der Waals surface area contributed by atoms with Crippen molar-refractivity contribution in [3.8, 4) is 0 Å². The Balaban J connectivity index is 1.40. The van der Waals surface area contributed by atoms with Crippen molar-refractivity contribution in [2.24, 2.45) is 16.8 Å². The summed E-state index contributed by atoms with van der Waals surface area (Å²) in [5.41, 5.74) is 0. The lowest BCUT2D eigenvalue weighted by molar-refractivity contribution is 0.130. The third-order valence-electron chi connectivity index (χ3n) is 5.57. The molecule has 1 aliphatic carbocycles. The van der Waals surface area contributed by atoms with Crippen LogP contribution in [0, 0.1) is 11.8 Å². The van der Waals surface area contributed by atoms with Crippen molar-refractivity contribution in [3.63, 3.8) is 0 Å². The quantitative estimate of drug-likeness (QED) is 0.578. The van der Waals surface area contributed by atoms with E-state index in [0.717, 1.165) is 77.1 Å². The minimum atomic E-state index is -0.133. The summed E-state index contributed by atoms with van der Waals surface area (Å²) in [6.45, 7) is 8.15. The molecule has 0 aromatic carbocycles. The van der Waals surface area contributed by atoms with Gasteiger partial charge >= 0.3 is 0 Å². The van der Waals surface area contributed by atoms with Gasteiger partial charge in [-0.15, -0.1) is 0 Å². The lowest BCUT2D eigenvalue weighted by Gasteiger charge is -2.37. The molecular formula is C17H32N4O2. The molecular weight excluding hydrogens is 292 g/mol. The highest BCUT2D eigenvalue weighted by Gasteiger charge is 2.27. The largest absolute Gasteiger partial charge is 0.393 e. The van der Waals surface area contributed by atoms with Crippen LogP contribution >= 0.6 is 0 Å². The van der Waals surface area contributed by atoms with Gasteiger partial charge in [0.25, 0.3) is 0 Å². The van der Waals surface area contributed by atoms with Gasteiger partial charge in [0.1, 0.15) is 0 Å². The van der Waals surface area contributed by atoms with Crippen molar-refractivity contribution < 1.29 is 9.84 Å². The predicted octanol–water partition coefficient (Wildman–Crippen LogP) is 0.377. The monoisotopic (exact) mass is 324 g/mol. The average molecular weight is 324 g/mol. The Morgan fingerprint density at radius 2 is 2.04 bits per heavy atom. The summed E-state index contributed by atoms with van der Waals surface area (Å²) in [5.74, 6) is 2.10. The molecule has 1 saturated carbocycles. The van der Waals surface area contributed by atoms with Crippen LogP contribution in [0.3, 0.4) is 0 Å². The molecule has 132 valence electrons. The molecule has 0 spiro atoms. The van der Waals surface area contributed by atoms with Crippen molar-refractivity contribution in [1.29, 1.82) is 0 Å². The molecule has 6 heteroatoms. The summed E-state index contributed by atoms with van der Waals surface area (Å²) < 4.78 is 5.48. The van der Waals surface area contributed by atoms with E-state index in [0.29, 0.717) is 5.92 Å². The average Bonchev–Trinajstić information content (AvgIpc) is 3.21. The topological polar surface area (TPSA) is 60.3 Å². The van der Waals surface area contributed by atoms with Crippen LogP contribution in [-0.4, -0.2) is 86.5 Å². The van der Waals surface area contributed by atoms with Crippen molar-refractivity contribution in [3.05, 3.63) is 0 Å². The van der Waals surface area contributed by atoms with Crippen LogP contribution in [0.25, 0.3) is 0 Å². The number of hydrogen-bond donors (Lipinski definition) is 2. The number of aliphatic hydroxyl groups is 1. The van der Waals surface area contributed by atoms with Crippen molar-refractivity contribution in [2.75, 3.05) is 59.5 Å². The molecule has 0 amide bonds. The van der Waals surface area contributed by atoms with Gasteiger partial charge in [0.2, 0.25) is 0 Å². The number of guanidine groups is 1. The fraction of sp³-hybridized carbons (Fsp3) is 0.941. The van der Waals surface area contributed by atoms with Gasteiger partial charge < -0.3 is 20.1 Å². The second kappa shape index (κ2) is 8.31. The first-order chi connectivity index (χ1) is 11.3. The molecule has 3 fully saturated rings. The summed E-state index contributed by atoms with van der Waals surface area (Å²) in [7, 11) is 1.86. The van der Waals surface area contributed by atoms with Gasteiger partial charge in [-0.3, -0.25) is 9.89 Å². The molecule has 3 rings (SSSR count). The maximum absolute atomic E-state index is 9.94. The van der Waals surface area contributed by atoms with Crippen LogP contribution in [0.4, 0.5) is 0 Å². The Morgan fingerprint density at radius 3 is 2.65 bits per heavy atom. The number of aliphatic hydroxyl groups excluding tert-OH is 1. The normalized spacial score (nSPS) is 33.4. The highest BCUT2D eigenvalue weighted by Crippen LogP contribution is 2.24. The zero-order valence-corrected chi connectivity index (χ0v) is 14.4. The van der Waals surface area contributed by atoms with E-state index in [9.17, 15) is 5.11 Å². The number of rotatable bonds is 4. The molecule has 23 heavy (non-hydrogen) atoms. The number of ether oxygens (including phenoxy) is 1. The molecule has 2 saturated heterocycles. The van der Waals surface area contributed by atoms with Gasteiger partial charge in [-0.1, -0.05) is 6.42 Å². The van der Waals surface area contributed by atoms with Crippen molar-refractivity contribution in [2.45, 2.75) is 31.8 Å². The molecule has 3 unspecified atom stereocenters. The maximum atomic E-state index is 9.94. The van der Waals surface area contributed by atoms with E-state index in [1.807, 2.05) is 7.05 Å². The van der Waals surface area contributed by atoms with E-state index in [1.165, 1.54) is 13.0 Å². The minimum Gasteiger partial charge on any atom is -0.393 e. The number of hydrogen-bond acceptors (Lipinski definition) is 4. The Morgan fingerprint density at radius 1 is 1.22 bits per heavy atom. The summed E-state index contributed by atoms with van der Waals surface area (Å²) >= 11 is 0. The first-order valence-electron chi connectivity index (χ1n) is 9.20. The van der Waals surface area contributed by atoms with E-state index >= 15 is 0 Å². The Hall–Kier alpha value is -0.850. The Kier molecular flexibility index (Phi) is 6.14. The van der Waals surface area contributed by atoms with Gasteiger partial charge in [0.05, 0.1) is 12.7 Å². The molecule has 3 aliphatic rings. The maximum Gasteiger partial charge on any atom is 0.193 e. The molecule has 3 atom stereocenters. The molecule has 6 nitrogen and oxygen atoms in total. The van der Waals surface area contributed by atoms with Crippen LogP contribution < -0.4 is 5.32 Å². The van der Waals surface area contributed by atoms with Crippen molar-refractivity contribution >= 4 is 5.96 Å². The van der Waals surface area contributed by atoms with Crippen LogP contribution in [0.2, 0.25) is 0 Å². The van der Waals surface area contributed by atoms with Gasteiger partial charge in [-0.2, -0.15) is 0 Å². The molecule has 2 aliphatic heterocycles. The molecule has 0 radical (unpaired) electrons. The van der Waals surface area contributed by atoms with Crippen molar-refractivity contribution in [1.82, 2.24) is 15.1 Å². The number of nitrogens with zero attached hydrogens (tertiary/aromatic N) is 3. The fourth-order valence-corrected chi connectivity index (χ4v) is 4.04. The van der Waals surface area contributed by atoms with Gasteiger partial charge in [0.15, 0.2) is 5.96 Å². The predicted molar refractivity (Wildman–Crippen MR) is 91.6 cm³/mol. The Bertz CT molecular complexity index is 390. The van der Waals surface area contributed by atoms with Crippen LogP contribution in [0.1, 0.15) is 25.7 Å². The molecule has 0 aromatic heterocycles. The fourth-order valence-electron chi connectivity index (χ4n) is 4.04. The lowest BCUT2D eigenvalue weighted by atomic mass is 10.1. The van der Waals surface area contributed by atoms with Gasteiger partial charge in [0, 0.05) is 58.8 Å². The molecule has 0 bridgehead atoms. The lowest BCUT2D eigenvalue weighted by Crippen LogP contribution is -2.53. The first-order valence-corrected chi connectivity index (χ1v) is 9.20.